The molecule has 1 atom stereocenters. The summed E-state index contributed by atoms with van der Waals surface area (Å²) in [5, 5.41) is 0. The third-order valence-electron chi connectivity index (χ3n) is 3.74. The quantitative estimate of drug-likeness (QED) is 0.798. The molecule has 2 rings (SSSR count). The Morgan fingerprint density at radius 2 is 1.92 bits per heavy atom. The lowest BCUT2D eigenvalue weighted by atomic mass is 9.93. The first-order valence-corrected chi connectivity index (χ1v) is 8.28. The van der Waals surface area contributed by atoms with Crippen LogP contribution < -0.4 is 10.5 Å². The molecule has 4 nitrogen and oxygen atoms in total. The van der Waals surface area contributed by atoms with Gasteiger partial charge in [0.1, 0.15) is 12.1 Å². The zero-order chi connectivity index (χ0) is 18.6. The van der Waals surface area contributed by atoms with Gasteiger partial charge in [0.2, 0.25) is 0 Å². The molecule has 0 saturated carbocycles. The van der Waals surface area contributed by atoms with Crippen LogP contribution in [0.15, 0.2) is 30.6 Å². The number of benzene rings is 1. The average molecular weight is 349 g/mol. The van der Waals surface area contributed by atoms with E-state index >= 15 is 0 Å². The van der Waals surface area contributed by atoms with Crippen molar-refractivity contribution in [2.24, 2.45) is 11.7 Å². The van der Waals surface area contributed by atoms with Gasteiger partial charge in [-0.15, -0.1) is 0 Å². The van der Waals surface area contributed by atoms with Crippen LogP contribution in [0, 0.1) is 12.8 Å². The summed E-state index contributed by atoms with van der Waals surface area (Å²) in [6, 6.07) is 6.50. The molecule has 2 N–H and O–H groups in total. The second kappa shape index (κ2) is 7.87. The smallest absolute Gasteiger partial charge is 0.267 e. The summed E-state index contributed by atoms with van der Waals surface area (Å²) in [5.74, 6) is 0.362. The van der Waals surface area contributed by atoms with Crippen molar-refractivity contribution in [3.05, 3.63) is 41.9 Å². The van der Waals surface area contributed by atoms with Crippen LogP contribution in [0.4, 0.5) is 8.78 Å². The van der Waals surface area contributed by atoms with Gasteiger partial charge in [-0.2, -0.15) is 0 Å². The Hall–Kier alpha value is -2.08. The number of rotatable bonds is 7. The third kappa shape index (κ3) is 5.74. The van der Waals surface area contributed by atoms with E-state index in [-0.39, 0.29) is 22.8 Å². The largest absolute Gasteiger partial charge is 0.493 e. The molecule has 1 aromatic heterocycles. The van der Waals surface area contributed by atoms with Crippen molar-refractivity contribution in [3.8, 4) is 17.0 Å². The predicted octanol–water partition coefficient (Wildman–Crippen LogP) is 4.53. The molecular weight excluding hydrogens is 324 g/mol. The Balaban J connectivity index is 2.19. The van der Waals surface area contributed by atoms with Gasteiger partial charge in [-0.3, -0.25) is 0 Å². The molecule has 0 bridgehead atoms. The number of aryl methyl sites for hydroxylation is 1. The van der Waals surface area contributed by atoms with E-state index in [4.69, 9.17) is 10.5 Å². The predicted molar refractivity (Wildman–Crippen MR) is 94.7 cm³/mol. The lowest BCUT2D eigenvalue weighted by Gasteiger charge is -2.23. The molecule has 0 aliphatic carbocycles. The summed E-state index contributed by atoms with van der Waals surface area (Å²) in [5.41, 5.74) is 7.55. The van der Waals surface area contributed by atoms with E-state index in [1.54, 1.807) is 18.2 Å². The van der Waals surface area contributed by atoms with Crippen LogP contribution in [0.5, 0.6) is 5.75 Å². The number of alkyl halides is 2. The molecule has 6 heteroatoms. The highest BCUT2D eigenvalue weighted by Crippen LogP contribution is 2.33. The highest BCUT2D eigenvalue weighted by Gasteiger charge is 2.19. The van der Waals surface area contributed by atoms with Gasteiger partial charge in [0.05, 0.1) is 17.9 Å². The van der Waals surface area contributed by atoms with Gasteiger partial charge < -0.3 is 10.5 Å². The van der Waals surface area contributed by atoms with Crippen molar-refractivity contribution in [1.82, 2.24) is 9.97 Å². The summed E-state index contributed by atoms with van der Waals surface area (Å²) in [7, 11) is 0. The minimum atomic E-state index is -2.63. The maximum absolute atomic E-state index is 13.5. The van der Waals surface area contributed by atoms with Crippen LogP contribution in [-0.2, 0) is 0 Å². The molecule has 0 amide bonds. The Kier molecular flexibility index (Phi) is 6.06. The molecule has 0 saturated heterocycles. The zero-order valence-corrected chi connectivity index (χ0v) is 15.1. The topological polar surface area (TPSA) is 61.0 Å². The highest BCUT2D eigenvalue weighted by molar-refractivity contribution is 5.62. The normalized spacial score (nSPS) is 13.1. The molecule has 1 heterocycles. The first-order chi connectivity index (χ1) is 11.7. The SMILES string of the molecule is Cc1cc(-c2ccc(OC[C@@H](C)CC(C)(C)N)c(C(F)F)c2)ncn1. The van der Waals surface area contributed by atoms with E-state index in [2.05, 4.69) is 9.97 Å². The standard InChI is InChI=1S/C19H25F2N3O/c1-12(9-19(3,4)22)10-25-17-6-5-14(8-15(17)18(20)21)16-7-13(2)23-11-24-16/h5-8,11-12,18H,9-10,22H2,1-4H3/t12-/m0/s1. The average Bonchev–Trinajstić information content (AvgIpc) is 2.51. The number of nitrogens with two attached hydrogens (primary N) is 1. The fourth-order valence-electron chi connectivity index (χ4n) is 2.81. The third-order valence-corrected chi connectivity index (χ3v) is 3.74. The molecule has 0 fully saturated rings. The first kappa shape index (κ1) is 19.2. The van der Waals surface area contributed by atoms with Gasteiger partial charge in [-0.1, -0.05) is 6.92 Å². The lowest BCUT2D eigenvalue weighted by molar-refractivity contribution is 0.142. The van der Waals surface area contributed by atoms with Crippen LogP contribution in [-0.4, -0.2) is 22.1 Å². The number of halogens is 2. The number of hydrogen-bond acceptors (Lipinski definition) is 4. The van der Waals surface area contributed by atoms with E-state index in [1.807, 2.05) is 27.7 Å². The monoisotopic (exact) mass is 349 g/mol. The number of hydrogen-bond donors (Lipinski definition) is 1. The van der Waals surface area contributed by atoms with Gasteiger partial charge in [0.15, 0.2) is 0 Å². The molecule has 0 spiro atoms. The second-order valence-corrected chi connectivity index (χ2v) is 7.21. The fraction of sp³-hybridized carbons (Fsp3) is 0.474. The summed E-state index contributed by atoms with van der Waals surface area (Å²) in [6.07, 6.45) is -0.456. The van der Waals surface area contributed by atoms with Crippen LogP contribution in [0.3, 0.4) is 0 Å². The Morgan fingerprint density at radius 3 is 2.52 bits per heavy atom. The van der Waals surface area contributed by atoms with E-state index in [0.29, 0.717) is 17.9 Å². The van der Waals surface area contributed by atoms with E-state index in [0.717, 1.165) is 12.1 Å². The second-order valence-electron chi connectivity index (χ2n) is 7.21. The Labute approximate surface area is 147 Å². The molecule has 0 radical (unpaired) electrons. The van der Waals surface area contributed by atoms with E-state index in [9.17, 15) is 8.78 Å². The molecule has 0 aliphatic rings. The van der Waals surface area contributed by atoms with Gasteiger partial charge in [-0.25, -0.2) is 18.7 Å². The maximum Gasteiger partial charge on any atom is 0.267 e. The van der Waals surface area contributed by atoms with Gasteiger partial charge in [-0.05, 0) is 57.4 Å². The minimum absolute atomic E-state index is 0.132. The molecule has 0 aliphatic heterocycles. The molecule has 2 aromatic rings. The molecule has 1 aromatic carbocycles. The fourth-order valence-corrected chi connectivity index (χ4v) is 2.81. The van der Waals surface area contributed by atoms with Crippen molar-refractivity contribution >= 4 is 0 Å². The van der Waals surface area contributed by atoms with Gasteiger partial charge in [0, 0.05) is 16.8 Å². The number of ether oxygens (including phenoxy) is 1. The maximum atomic E-state index is 13.5. The van der Waals surface area contributed by atoms with Crippen molar-refractivity contribution < 1.29 is 13.5 Å². The van der Waals surface area contributed by atoms with Crippen LogP contribution in [0.1, 0.15) is 44.9 Å². The van der Waals surface area contributed by atoms with Crippen molar-refractivity contribution in [1.29, 1.82) is 0 Å². The minimum Gasteiger partial charge on any atom is -0.493 e. The van der Waals surface area contributed by atoms with Crippen molar-refractivity contribution in [2.75, 3.05) is 6.61 Å². The van der Waals surface area contributed by atoms with Crippen LogP contribution in [0.25, 0.3) is 11.3 Å². The molecule has 25 heavy (non-hydrogen) atoms. The molecule has 0 unspecified atom stereocenters. The highest BCUT2D eigenvalue weighted by atomic mass is 19.3. The summed E-state index contributed by atoms with van der Waals surface area (Å²) >= 11 is 0. The van der Waals surface area contributed by atoms with Crippen LogP contribution >= 0.6 is 0 Å². The summed E-state index contributed by atoms with van der Waals surface area (Å²) < 4.78 is 32.6. The number of aromatic nitrogens is 2. The summed E-state index contributed by atoms with van der Waals surface area (Å²) in [6.45, 7) is 8.04. The van der Waals surface area contributed by atoms with E-state index < -0.39 is 6.43 Å². The summed E-state index contributed by atoms with van der Waals surface area (Å²) in [4.78, 5) is 8.17. The zero-order valence-electron chi connectivity index (χ0n) is 15.1. The van der Waals surface area contributed by atoms with Crippen molar-refractivity contribution in [2.45, 2.75) is 46.1 Å². The lowest BCUT2D eigenvalue weighted by Crippen LogP contribution is -2.35. The van der Waals surface area contributed by atoms with Gasteiger partial charge in [0.25, 0.3) is 6.43 Å². The number of nitrogens with zero attached hydrogens (tertiary/aromatic N) is 2. The molecule has 136 valence electrons. The molecular formula is C19H25F2N3O. The van der Waals surface area contributed by atoms with Gasteiger partial charge >= 0.3 is 0 Å². The Morgan fingerprint density at radius 1 is 1.20 bits per heavy atom. The van der Waals surface area contributed by atoms with Crippen molar-refractivity contribution in [3.63, 3.8) is 0 Å². The van der Waals surface area contributed by atoms with Crippen LogP contribution in [0.2, 0.25) is 0 Å². The Bertz CT molecular complexity index is 714. The first-order valence-electron chi connectivity index (χ1n) is 8.28. The van der Waals surface area contributed by atoms with E-state index in [1.165, 1.54) is 12.4 Å².